The number of hydrogen-bond donors (Lipinski definition) is 0. The van der Waals surface area contributed by atoms with Crippen LogP contribution in [0.15, 0.2) is 48.5 Å². The summed E-state index contributed by atoms with van der Waals surface area (Å²) in [7, 11) is 0. The fraction of sp³-hybridized carbons (Fsp3) is 0.622. The Hall–Kier alpha value is -2.62. The van der Waals surface area contributed by atoms with E-state index in [0.717, 1.165) is 30.4 Å². The molecular weight excluding hydrogens is 508 g/mol. The number of esters is 2. The first-order valence-corrected chi connectivity index (χ1v) is 16.6. The highest BCUT2D eigenvalue weighted by molar-refractivity contribution is 5.90. The number of benzene rings is 2. The second kappa shape index (κ2) is 22.0. The van der Waals surface area contributed by atoms with Gasteiger partial charge in [-0.15, -0.1) is 0 Å². The molecule has 1 atom stereocenters. The fourth-order valence-electron chi connectivity index (χ4n) is 4.93. The van der Waals surface area contributed by atoms with Gasteiger partial charge in [-0.2, -0.15) is 0 Å². The highest BCUT2D eigenvalue weighted by Crippen LogP contribution is 2.24. The minimum atomic E-state index is -0.288. The van der Waals surface area contributed by atoms with Crippen LogP contribution in [0.25, 0.3) is 11.1 Å². The van der Waals surface area contributed by atoms with Gasteiger partial charge in [0.25, 0.3) is 0 Å². The quantitative estimate of drug-likeness (QED) is 0.0765. The van der Waals surface area contributed by atoms with Gasteiger partial charge in [-0.05, 0) is 47.7 Å². The molecule has 0 N–H and O–H groups in total. The average Bonchev–Trinajstić information content (AvgIpc) is 3.00. The van der Waals surface area contributed by atoms with E-state index in [1.54, 1.807) is 12.1 Å². The standard InChI is InChI=1S/C37H56O4/c1-4-6-7-8-9-10-11-12-13-14-15-16-17-18-19-20-21-36(38)41-35-28-26-33(27-29-35)32-22-24-34(25-23-32)37(39)40-30-31(3)5-2/h22-29,31H,4-21,30H2,1-3H3. The van der Waals surface area contributed by atoms with Gasteiger partial charge in [-0.25, -0.2) is 4.79 Å². The lowest BCUT2D eigenvalue weighted by Gasteiger charge is -2.10. The maximum absolute atomic E-state index is 12.3. The summed E-state index contributed by atoms with van der Waals surface area (Å²) in [4.78, 5) is 24.5. The third-order valence-corrected chi connectivity index (χ3v) is 7.97. The van der Waals surface area contributed by atoms with Gasteiger partial charge in [0.2, 0.25) is 0 Å². The Bertz CT molecular complexity index is 948. The van der Waals surface area contributed by atoms with Gasteiger partial charge in [0.05, 0.1) is 12.2 Å². The van der Waals surface area contributed by atoms with Gasteiger partial charge < -0.3 is 9.47 Å². The highest BCUT2D eigenvalue weighted by Gasteiger charge is 2.10. The molecule has 0 aliphatic carbocycles. The van der Waals surface area contributed by atoms with Gasteiger partial charge in [-0.1, -0.05) is 148 Å². The Morgan fingerprint density at radius 1 is 0.610 bits per heavy atom. The van der Waals surface area contributed by atoms with Crippen LogP contribution in [0.2, 0.25) is 0 Å². The minimum Gasteiger partial charge on any atom is -0.462 e. The Morgan fingerprint density at radius 3 is 1.51 bits per heavy atom. The lowest BCUT2D eigenvalue weighted by molar-refractivity contribution is -0.134. The van der Waals surface area contributed by atoms with Crippen LogP contribution in [0, 0.1) is 5.92 Å². The molecule has 4 heteroatoms. The molecule has 0 saturated heterocycles. The van der Waals surface area contributed by atoms with E-state index in [2.05, 4.69) is 20.8 Å². The van der Waals surface area contributed by atoms with Crippen molar-refractivity contribution < 1.29 is 19.1 Å². The molecular formula is C37H56O4. The van der Waals surface area contributed by atoms with Crippen LogP contribution in [0.3, 0.4) is 0 Å². The molecule has 4 nitrogen and oxygen atoms in total. The topological polar surface area (TPSA) is 52.6 Å². The molecule has 1 unspecified atom stereocenters. The molecule has 0 heterocycles. The molecule has 0 spiro atoms. The van der Waals surface area contributed by atoms with E-state index < -0.39 is 0 Å². The predicted molar refractivity (Wildman–Crippen MR) is 171 cm³/mol. The van der Waals surface area contributed by atoms with Crippen molar-refractivity contribution in [2.24, 2.45) is 5.92 Å². The van der Waals surface area contributed by atoms with Gasteiger partial charge >= 0.3 is 11.9 Å². The molecule has 2 aromatic carbocycles. The van der Waals surface area contributed by atoms with Gasteiger partial charge in [0.15, 0.2) is 0 Å². The first kappa shape index (κ1) is 34.6. The minimum absolute atomic E-state index is 0.164. The number of carbonyl (C=O) groups is 2. The van der Waals surface area contributed by atoms with Crippen molar-refractivity contribution in [2.75, 3.05) is 6.61 Å². The normalized spacial score (nSPS) is 11.8. The van der Waals surface area contributed by atoms with Gasteiger partial charge in [0.1, 0.15) is 5.75 Å². The Labute approximate surface area is 250 Å². The molecule has 228 valence electrons. The number of unbranched alkanes of at least 4 members (excludes halogenated alkanes) is 15. The maximum Gasteiger partial charge on any atom is 0.338 e. The smallest absolute Gasteiger partial charge is 0.338 e. The Morgan fingerprint density at radius 2 is 1.05 bits per heavy atom. The Kier molecular flexibility index (Phi) is 18.6. The van der Waals surface area contributed by atoms with Crippen LogP contribution in [0.1, 0.15) is 147 Å². The SMILES string of the molecule is CCCCCCCCCCCCCCCCCCC(=O)Oc1ccc(-c2ccc(C(=O)OCC(C)CC)cc2)cc1. The second-order valence-corrected chi connectivity index (χ2v) is 11.7. The number of ether oxygens (including phenoxy) is 2. The van der Waals surface area contributed by atoms with Crippen LogP contribution < -0.4 is 4.74 Å². The van der Waals surface area contributed by atoms with Crippen LogP contribution in [0.5, 0.6) is 5.75 Å². The van der Waals surface area contributed by atoms with Crippen LogP contribution in [-0.2, 0) is 9.53 Å². The maximum atomic E-state index is 12.3. The predicted octanol–water partition coefficient (Wildman–Crippen LogP) is 11.1. The molecule has 0 saturated carbocycles. The summed E-state index contributed by atoms with van der Waals surface area (Å²) in [6, 6.07) is 14.9. The largest absolute Gasteiger partial charge is 0.462 e. The summed E-state index contributed by atoms with van der Waals surface area (Å²) in [5.41, 5.74) is 2.55. The Balaban J connectivity index is 1.51. The summed E-state index contributed by atoms with van der Waals surface area (Å²) in [6.07, 6.45) is 22.6. The number of carbonyl (C=O) groups excluding carboxylic acids is 2. The molecule has 0 aliphatic rings. The van der Waals surface area contributed by atoms with Crippen molar-refractivity contribution in [1.29, 1.82) is 0 Å². The zero-order valence-electron chi connectivity index (χ0n) is 26.3. The lowest BCUT2D eigenvalue weighted by Crippen LogP contribution is -2.11. The second-order valence-electron chi connectivity index (χ2n) is 11.7. The van der Waals surface area contributed by atoms with Crippen LogP contribution >= 0.6 is 0 Å². The average molecular weight is 565 g/mol. The van der Waals surface area contributed by atoms with Crippen molar-refractivity contribution in [3.05, 3.63) is 54.1 Å². The van der Waals surface area contributed by atoms with E-state index >= 15 is 0 Å². The number of rotatable bonds is 23. The van der Waals surface area contributed by atoms with E-state index in [0.29, 0.717) is 30.3 Å². The monoisotopic (exact) mass is 564 g/mol. The van der Waals surface area contributed by atoms with E-state index in [4.69, 9.17) is 9.47 Å². The van der Waals surface area contributed by atoms with Crippen LogP contribution in [0.4, 0.5) is 0 Å². The van der Waals surface area contributed by atoms with Crippen molar-refractivity contribution in [3.63, 3.8) is 0 Å². The molecule has 41 heavy (non-hydrogen) atoms. The fourth-order valence-corrected chi connectivity index (χ4v) is 4.93. The van der Waals surface area contributed by atoms with Crippen molar-refractivity contribution in [2.45, 2.75) is 136 Å². The summed E-state index contributed by atoms with van der Waals surface area (Å²) < 4.78 is 10.9. The molecule has 0 aromatic heterocycles. The summed E-state index contributed by atoms with van der Waals surface area (Å²) in [5, 5.41) is 0. The molecule has 0 aliphatic heterocycles. The third kappa shape index (κ3) is 15.8. The summed E-state index contributed by atoms with van der Waals surface area (Å²) in [5.74, 6) is 0.479. The zero-order valence-corrected chi connectivity index (χ0v) is 26.3. The molecule has 0 bridgehead atoms. The third-order valence-electron chi connectivity index (χ3n) is 7.97. The van der Waals surface area contributed by atoms with Gasteiger partial charge in [0, 0.05) is 6.42 Å². The van der Waals surface area contributed by atoms with Crippen molar-refractivity contribution in [3.8, 4) is 16.9 Å². The summed E-state index contributed by atoms with van der Waals surface area (Å²) >= 11 is 0. The molecule has 2 aromatic rings. The summed E-state index contributed by atoms with van der Waals surface area (Å²) in [6.45, 7) is 6.87. The van der Waals surface area contributed by atoms with Gasteiger partial charge in [-0.3, -0.25) is 4.79 Å². The molecule has 0 fully saturated rings. The van der Waals surface area contributed by atoms with E-state index in [9.17, 15) is 9.59 Å². The van der Waals surface area contributed by atoms with Crippen molar-refractivity contribution >= 4 is 11.9 Å². The zero-order chi connectivity index (χ0) is 29.5. The first-order valence-electron chi connectivity index (χ1n) is 16.6. The molecule has 0 amide bonds. The first-order chi connectivity index (χ1) is 20.0. The van der Waals surface area contributed by atoms with E-state index in [1.807, 2.05) is 36.4 Å². The van der Waals surface area contributed by atoms with Crippen molar-refractivity contribution in [1.82, 2.24) is 0 Å². The van der Waals surface area contributed by atoms with Crippen LogP contribution in [-0.4, -0.2) is 18.5 Å². The lowest BCUT2D eigenvalue weighted by atomic mass is 10.0. The molecule has 0 radical (unpaired) electrons. The van der Waals surface area contributed by atoms with E-state index in [1.165, 1.54) is 89.9 Å². The van der Waals surface area contributed by atoms with E-state index in [-0.39, 0.29) is 11.9 Å². The highest BCUT2D eigenvalue weighted by atomic mass is 16.5. The molecule has 2 rings (SSSR count). The number of hydrogen-bond acceptors (Lipinski definition) is 4.